The summed E-state index contributed by atoms with van der Waals surface area (Å²) in [7, 11) is 3.00. The third-order valence-corrected chi connectivity index (χ3v) is 12.2. The number of unbranched alkanes of at least 4 members (excludes halogenated alkanes) is 5. The van der Waals surface area contributed by atoms with Gasteiger partial charge < -0.3 is 36.5 Å². The lowest BCUT2D eigenvalue weighted by Crippen LogP contribution is -2.45. The fourth-order valence-corrected chi connectivity index (χ4v) is 8.51. The number of carbonyl (C=O) groups excluding carboxylic acids is 6. The molecular formula is C52H70N6O8. The van der Waals surface area contributed by atoms with E-state index in [4.69, 9.17) is 20.9 Å². The van der Waals surface area contributed by atoms with E-state index in [1.807, 2.05) is 37.3 Å². The van der Waals surface area contributed by atoms with E-state index in [-0.39, 0.29) is 88.7 Å². The highest BCUT2D eigenvalue weighted by molar-refractivity contribution is 6.01. The maximum absolute atomic E-state index is 14.9. The SMILES string of the molecule is CCCCCCCCc1ccc(C(=O)C[C@@H](CCC(=O)NC)C(=O)N(C)[C@@H]2C(=O)C[C@@H](C)C(=O)N[C@H](C(=O)CCC#N)Cc3ccc(OCCN)c(c3)-c3cc2ccc3OCCN)c(C)c1. The van der Waals surface area contributed by atoms with Crippen molar-refractivity contribution in [3.05, 3.63) is 82.4 Å². The number of likely N-dealkylation sites (N-methyl/N-ethyl adjacent to an activating group) is 1. The van der Waals surface area contributed by atoms with Gasteiger partial charge in [0.25, 0.3) is 0 Å². The minimum Gasteiger partial charge on any atom is -0.492 e. The summed E-state index contributed by atoms with van der Waals surface area (Å²) >= 11 is 0. The first-order chi connectivity index (χ1) is 31.8. The van der Waals surface area contributed by atoms with Crippen LogP contribution in [-0.4, -0.2) is 86.4 Å². The number of hydrogen-bond acceptors (Lipinski definition) is 11. The molecule has 14 heteroatoms. The number of aryl methyl sites for hydroxylation is 2. The van der Waals surface area contributed by atoms with Gasteiger partial charge in [-0.25, -0.2) is 0 Å². The van der Waals surface area contributed by atoms with Crippen LogP contribution < -0.4 is 31.6 Å². The van der Waals surface area contributed by atoms with Gasteiger partial charge in [-0.05, 0) is 79.1 Å². The molecule has 1 aliphatic heterocycles. The molecule has 4 bridgehead atoms. The molecule has 0 fully saturated rings. The van der Waals surface area contributed by atoms with Crippen molar-refractivity contribution >= 4 is 35.1 Å². The Kier molecular flexibility index (Phi) is 21.5. The Morgan fingerprint density at radius 1 is 0.894 bits per heavy atom. The lowest BCUT2D eigenvalue weighted by atomic mass is 9.87. The van der Waals surface area contributed by atoms with E-state index in [1.54, 1.807) is 37.3 Å². The van der Waals surface area contributed by atoms with Gasteiger partial charge in [-0.3, -0.25) is 28.8 Å². The van der Waals surface area contributed by atoms with E-state index >= 15 is 0 Å². The molecule has 14 nitrogen and oxygen atoms in total. The van der Waals surface area contributed by atoms with E-state index in [0.717, 1.165) is 30.4 Å². The van der Waals surface area contributed by atoms with Gasteiger partial charge in [0.05, 0.1) is 12.1 Å². The smallest absolute Gasteiger partial charge is 0.226 e. The van der Waals surface area contributed by atoms with Crippen LogP contribution in [0.4, 0.5) is 0 Å². The zero-order chi connectivity index (χ0) is 48.2. The second-order valence-electron chi connectivity index (χ2n) is 17.4. The van der Waals surface area contributed by atoms with Gasteiger partial charge >= 0.3 is 0 Å². The summed E-state index contributed by atoms with van der Waals surface area (Å²) in [6, 6.07) is 16.0. The van der Waals surface area contributed by atoms with Crippen LogP contribution in [0, 0.1) is 30.1 Å². The zero-order valence-corrected chi connectivity index (χ0v) is 39.5. The molecule has 4 atom stereocenters. The Morgan fingerprint density at radius 3 is 2.21 bits per heavy atom. The Labute approximate surface area is 390 Å². The first-order valence-corrected chi connectivity index (χ1v) is 23.5. The van der Waals surface area contributed by atoms with Gasteiger partial charge in [0.15, 0.2) is 17.3 Å². The number of nitrogens with two attached hydrogens (primary N) is 2. The topological polar surface area (TPSA) is 224 Å². The molecule has 1 heterocycles. The highest BCUT2D eigenvalue weighted by atomic mass is 16.5. The third kappa shape index (κ3) is 15.1. The Bertz CT molecular complexity index is 2200. The van der Waals surface area contributed by atoms with E-state index in [1.165, 1.54) is 44.7 Å². The molecule has 0 spiro atoms. The number of ketones is 3. The van der Waals surface area contributed by atoms with Gasteiger partial charge in [-0.15, -0.1) is 0 Å². The molecule has 0 saturated heterocycles. The van der Waals surface area contributed by atoms with Gasteiger partial charge in [0.1, 0.15) is 30.8 Å². The Balaban J connectivity index is 1.80. The van der Waals surface area contributed by atoms with Crippen LogP contribution >= 0.6 is 0 Å². The summed E-state index contributed by atoms with van der Waals surface area (Å²) < 4.78 is 12.3. The Morgan fingerprint density at radius 2 is 1.56 bits per heavy atom. The second kappa shape index (κ2) is 26.9. The fraction of sp³-hybridized carbons (Fsp3) is 0.519. The average Bonchev–Trinajstić information content (AvgIpc) is 3.31. The van der Waals surface area contributed by atoms with Gasteiger partial charge in [0, 0.05) is 87.8 Å². The number of ether oxygens (including phenoxy) is 2. The highest BCUT2D eigenvalue weighted by Gasteiger charge is 2.36. The largest absolute Gasteiger partial charge is 0.492 e. The molecule has 0 saturated carbocycles. The van der Waals surface area contributed by atoms with Crippen molar-refractivity contribution in [1.29, 1.82) is 5.26 Å². The van der Waals surface area contributed by atoms with Crippen molar-refractivity contribution in [1.82, 2.24) is 15.5 Å². The molecule has 1 aliphatic rings. The van der Waals surface area contributed by atoms with Gasteiger partial charge in [-0.1, -0.05) is 76.3 Å². The molecule has 0 unspecified atom stereocenters. The monoisotopic (exact) mass is 907 g/mol. The predicted octanol–water partition coefficient (Wildman–Crippen LogP) is 6.66. The van der Waals surface area contributed by atoms with Crippen molar-refractivity contribution in [2.45, 2.75) is 123 Å². The van der Waals surface area contributed by atoms with Crippen LogP contribution in [0.15, 0.2) is 54.6 Å². The quantitative estimate of drug-likeness (QED) is 0.0549. The number of fused-ring (bicyclic) bond motifs is 5. The summed E-state index contributed by atoms with van der Waals surface area (Å²) in [5.74, 6) is -3.49. The minimum atomic E-state index is -1.26. The summed E-state index contributed by atoms with van der Waals surface area (Å²) in [5.41, 5.74) is 16.3. The number of nitrogens with zero attached hydrogens (tertiary/aromatic N) is 2. The minimum absolute atomic E-state index is 0.0338. The fourth-order valence-electron chi connectivity index (χ4n) is 8.51. The number of Topliss-reactive ketones (excluding diaryl/α,β-unsaturated/α-hetero) is 3. The van der Waals surface area contributed by atoms with E-state index < -0.39 is 41.5 Å². The van der Waals surface area contributed by atoms with Crippen molar-refractivity contribution in [2.24, 2.45) is 23.3 Å². The third-order valence-electron chi connectivity index (χ3n) is 12.2. The molecule has 0 aliphatic carbocycles. The van der Waals surface area contributed by atoms with Crippen LogP contribution in [-0.2, 0) is 36.8 Å². The van der Waals surface area contributed by atoms with Gasteiger partial charge in [-0.2, -0.15) is 5.26 Å². The maximum Gasteiger partial charge on any atom is 0.226 e. The van der Waals surface area contributed by atoms with E-state index in [0.29, 0.717) is 39.3 Å². The first-order valence-electron chi connectivity index (χ1n) is 23.5. The number of nitrogens with one attached hydrogen (secondary N) is 2. The van der Waals surface area contributed by atoms with E-state index in [2.05, 4.69) is 17.6 Å². The molecule has 0 aromatic heterocycles. The molecule has 356 valence electrons. The maximum atomic E-state index is 14.9. The lowest BCUT2D eigenvalue weighted by Gasteiger charge is -2.32. The van der Waals surface area contributed by atoms with Crippen LogP contribution in [0.1, 0.15) is 130 Å². The summed E-state index contributed by atoms with van der Waals surface area (Å²) in [6.45, 7) is 6.43. The molecule has 3 aromatic rings. The molecule has 66 heavy (non-hydrogen) atoms. The van der Waals surface area contributed by atoms with Crippen molar-refractivity contribution in [3.63, 3.8) is 0 Å². The van der Waals surface area contributed by atoms with E-state index in [9.17, 15) is 34.0 Å². The predicted molar refractivity (Wildman–Crippen MR) is 255 cm³/mol. The summed E-state index contributed by atoms with van der Waals surface area (Å²) in [4.78, 5) is 85.2. The number of hydrogen-bond donors (Lipinski definition) is 4. The molecule has 4 rings (SSSR count). The average molecular weight is 907 g/mol. The molecular weight excluding hydrogens is 837 g/mol. The number of benzene rings is 3. The van der Waals surface area contributed by atoms with Gasteiger partial charge in [0.2, 0.25) is 17.7 Å². The van der Waals surface area contributed by atoms with Crippen molar-refractivity contribution < 1.29 is 38.2 Å². The normalized spacial score (nSPS) is 16.5. The number of carbonyl (C=O) groups is 6. The summed E-state index contributed by atoms with van der Waals surface area (Å²) in [5, 5.41) is 14.7. The number of amides is 3. The van der Waals surface area contributed by atoms with Crippen LogP contribution in [0.25, 0.3) is 11.1 Å². The number of rotatable bonds is 24. The van der Waals surface area contributed by atoms with Crippen LogP contribution in [0.3, 0.4) is 0 Å². The number of nitriles is 1. The van der Waals surface area contributed by atoms with Crippen molar-refractivity contribution in [3.8, 4) is 28.7 Å². The Hall–Kier alpha value is -5.91. The standard InChI is InChI=1S/C52H70N6O8/c1-6-7-8-9-10-11-13-36-15-19-40(34(2)28-36)45(60)33-39(18-22-49(62)56-4)52(64)58(5)50-38-17-21-48(66-27-25-55)42(32-38)41-30-37(16-20-47(41)65-26-24-54)31-43(44(59)14-12-23-53)57-51(63)35(3)29-46(50)61/h15-17,19-21,28,30,32,35,39,43,50H,6-14,18,22,24-27,29,31,33,54-55H2,1-5H3,(H,56,62)(H,57,63)/t35-,39-,43+,50+/m1/s1. The molecule has 0 radical (unpaired) electrons. The van der Waals surface area contributed by atoms with Crippen molar-refractivity contribution in [2.75, 3.05) is 40.4 Å². The molecule has 3 amide bonds. The lowest BCUT2D eigenvalue weighted by molar-refractivity contribution is -0.142. The summed E-state index contributed by atoms with van der Waals surface area (Å²) in [6.07, 6.45) is 7.46. The van der Waals surface area contributed by atoms with Crippen LogP contribution in [0.2, 0.25) is 0 Å². The molecule has 6 N–H and O–H groups in total. The first kappa shape index (κ1) is 52.7. The zero-order valence-electron chi connectivity index (χ0n) is 39.5. The second-order valence-corrected chi connectivity index (χ2v) is 17.4. The highest BCUT2D eigenvalue weighted by Crippen LogP contribution is 2.41. The van der Waals surface area contributed by atoms with Crippen LogP contribution in [0.5, 0.6) is 11.5 Å². The molecule has 3 aromatic carbocycles.